The topological polar surface area (TPSA) is 12.0 Å². The molecule has 0 aromatic heterocycles. The second-order valence-corrected chi connectivity index (χ2v) is 3.95. The van der Waals surface area contributed by atoms with Gasteiger partial charge >= 0.3 is 0 Å². The zero-order valence-electron chi connectivity index (χ0n) is 7.78. The Morgan fingerprint density at radius 1 is 1.13 bits per heavy atom. The van der Waals surface area contributed by atoms with Gasteiger partial charge in [-0.25, -0.2) is 0 Å². The fourth-order valence-corrected chi connectivity index (χ4v) is 2.11. The number of hydrogen-bond donors (Lipinski definition) is 3. The van der Waals surface area contributed by atoms with Crippen LogP contribution in [0.25, 0.3) is 10.8 Å². The minimum absolute atomic E-state index is 0. The number of fused-ring (bicyclic) bond motifs is 1. The molecule has 0 atom stereocenters. The third kappa shape index (κ3) is 2.08. The molecular formula is C12H15NS2. The van der Waals surface area contributed by atoms with Gasteiger partial charge in [0.1, 0.15) is 0 Å². The highest BCUT2D eigenvalue weighted by atomic mass is 32.1. The van der Waals surface area contributed by atoms with Gasteiger partial charge in [-0.1, -0.05) is 38.4 Å². The summed E-state index contributed by atoms with van der Waals surface area (Å²) in [7, 11) is 0. The Morgan fingerprint density at radius 2 is 1.87 bits per heavy atom. The molecule has 1 N–H and O–H groups in total. The molecule has 0 aliphatic carbocycles. The molecule has 0 aliphatic rings. The van der Waals surface area contributed by atoms with Crippen molar-refractivity contribution in [3.8, 4) is 0 Å². The molecule has 0 spiro atoms. The highest BCUT2D eigenvalue weighted by Gasteiger charge is 2.04. The number of nitrogens with one attached hydrogen (secondary N) is 1. The van der Waals surface area contributed by atoms with E-state index >= 15 is 0 Å². The zero-order valence-corrected chi connectivity index (χ0v) is 9.57. The van der Waals surface area contributed by atoms with Gasteiger partial charge in [0.15, 0.2) is 0 Å². The maximum atomic E-state index is 4.43. The van der Waals surface area contributed by atoms with Crippen LogP contribution in [-0.4, -0.2) is 0 Å². The molecule has 0 heterocycles. The van der Waals surface area contributed by atoms with Crippen LogP contribution < -0.4 is 4.72 Å². The fraction of sp³-hybridized carbons (Fsp3) is 0.167. The average molecular weight is 237 g/mol. The highest BCUT2D eigenvalue weighted by Crippen LogP contribution is 2.31. The normalized spacial score (nSPS) is 9.80. The van der Waals surface area contributed by atoms with E-state index in [2.05, 4.69) is 49.2 Å². The van der Waals surface area contributed by atoms with E-state index < -0.39 is 0 Å². The summed E-state index contributed by atoms with van der Waals surface area (Å²) in [6.45, 7) is 2.09. The Morgan fingerprint density at radius 3 is 2.53 bits per heavy atom. The Balaban J connectivity index is 0.00000112. The lowest BCUT2D eigenvalue weighted by Crippen LogP contribution is -1.87. The summed E-state index contributed by atoms with van der Waals surface area (Å²) in [6.07, 6.45) is 0. The van der Waals surface area contributed by atoms with E-state index in [1.807, 2.05) is 18.2 Å². The van der Waals surface area contributed by atoms with Crippen molar-refractivity contribution in [2.45, 2.75) is 19.2 Å². The molecule has 0 fully saturated rings. The van der Waals surface area contributed by atoms with E-state index in [1.165, 1.54) is 10.9 Å². The molecule has 0 aliphatic heterocycles. The molecule has 0 radical (unpaired) electrons. The largest absolute Gasteiger partial charge is 0.332 e. The van der Waals surface area contributed by atoms with Crippen molar-refractivity contribution in [2.75, 3.05) is 4.72 Å². The van der Waals surface area contributed by atoms with Crippen molar-refractivity contribution >= 4 is 41.9 Å². The smallest absolute Gasteiger partial charge is 0.0520 e. The van der Waals surface area contributed by atoms with Gasteiger partial charge in [0.05, 0.1) is 5.69 Å². The monoisotopic (exact) mass is 237 g/mol. The number of aryl methyl sites for hydroxylation is 1. The summed E-state index contributed by atoms with van der Waals surface area (Å²) in [6, 6.07) is 10.2. The molecule has 80 valence electrons. The first-order valence-electron chi connectivity index (χ1n) is 4.35. The van der Waals surface area contributed by atoms with E-state index in [-0.39, 0.29) is 7.43 Å². The second kappa shape index (κ2) is 4.81. The second-order valence-electron chi connectivity index (χ2n) is 3.24. The van der Waals surface area contributed by atoms with Gasteiger partial charge in [0.2, 0.25) is 0 Å². The molecular weight excluding hydrogens is 222 g/mol. The summed E-state index contributed by atoms with van der Waals surface area (Å²) in [5.74, 6) is 0. The Hall–Kier alpha value is -0.800. The Labute approximate surface area is 102 Å². The summed E-state index contributed by atoms with van der Waals surface area (Å²) in [4.78, 5) is 0.996. The summed E-state index contributed by atoms with van der Waals surface area (Å²) in [5.41, 5.74) is 2.26. The highest BCUT2D eigenvalue weighted by molar-refractivity contribution is 7.81. The van der Waals surface area contributed by atoms with Crippen LogP contribution in [0.4, 0.5) is 5.69 Å². The third-order valence-electron chi connectivity index (χ3n) is 2.35. The van der Waals surface area contributed by atoms with Crippen LogP contribution >= 0.6 is 25.4 Å². The standard InChI is InChI=1S/C11H11NS2.CH4/c1-7-5-6-10(13)8-3-2-4-9(12-14)11(7)8;/h2-6,12-14H,1H3;1H4. The quantitative estimate of drug-likeness (QED) is 0.627. The lowest BCUT2D eigenvalue weighted by Gasteiger charge is -2.09. The number of anilines is 1. The van der Waals surface area contributed by atoms with Crippen molar-refractivity contribution in [3.05, 3.63) is 35.9 Å². The van der Waals surface area contributed by atoms with Crippen LogP contribution in [-0.2, 0) is 0 Å². The zero-order chi connectivity index (χ0) is 10.1. The first-order valence-corrected chi connectivity index (χ1v) is 5.25. The molecule has 0 saturated heterocycles. The van der Waals surface area contributed by atoms with E-state index in [9.17, 15) is 0 Å². The minimum atomic E-state index is 0. The lowest BCUT2D eigenvalue weighted by molar-refractivity contribution is 1.46. The summed E-state index contributed by atoms with van der Waals surface area (Å²) < 4.78 is 2.90. The lowest BCUT2D eigenvalue weighted by atomic mass is 10.0. The minimum Gasteiger partial charge on any atom is -0.332 e. The molecule has 2 rings (SSSR count). The molecule has 15 heavy (non-hydrogen) atoms. The maximum Gasteiger partial charge on any atom is 0.0520 e. The van der Waals surface area contributed by atoms with Gasteiger partial charge in [-0.05, 0) is 30.0 Å². The van der Waals surface area contributed by atoms with Gasteiger partial charge in [-0.15, -0.1) is 12.6 Å². The van der Waals surface area contributed by atoms with Crippen molar-refractivity contribution in [2.24, 2.45) is 0 Å². The van der Waals surface area contributed by atoms with Gasteiger partial charge in [-0.3, -0.25) is 0 Å². The van der Waals surface area contributed by atoms with E-state index in [4.69, 9.17) is 0 Å². The van der Waals surface area contributed by atoms with Crippen LogP contribution in [0.5, 0.6) is 0 Å². The van der Waals surface area contributed by atoms with Crippen molar-refractivity contribution in [1.29, 1.82) is 0 Å². The van der Waals surface area contributed by atoms with E-state index in [0.717, 1.165) is 16.0 Å². The number of thiol groups is 2. The van der Waals surface area contributed by atoms with Gasteiger partial charge in [0.25, 0.3) is 0 Å². The predicted octanol–water partition coefficient (Wildman–Crippen LogP) is 4.33. The van der Waals surface area contributed by atoms with E-state index in [1.54, 1.807) is 0 Å². The van der Waals surface area contributed by atoms with Crippen LogP contribution in [0.1, 0.15) is 13.0 Å². The molecule has 2 aromatic rings. The van der Waals surface area contributed by atoms with Gasteiger partial charge in [-0.2, -0.15) is 0 Å². The van der Waals surface area contributed by atoms with Crippen LogP contribution in [0.2, 0.25) is 0 Å². The van der Waals surface area contributed by atoms with Crippen molar-refractivity contribution < 1.29 is 0 Å². The SMILES string of the molecule is C.Cc1ccc(S)c2cccc(NS)c12. The summed E-state index contributed by atoms with van der Waals surface area (Å²) >= 11 is 8.52. The van der Waals surface area contributed by atoms with E-state index in [0.29, 0.717) is 0 Å². The number of benzene rings is 2. The molecule has 2 aromatic carbocycles. The number of hydrogen-bond acceptors (Lipinski definition) is 3. The van der Waals surface area contributed by atoms with Crippen LogP contribution in [0.3, 0.4) is 0 Å². The maximum absolute atomic E-state index is 4.43. The first kappa shape index (κ1) is 12.3. The average Bonchev–Trinajstić information content (AvgIpc) is 2.23. The molecule has 1 nitrogen and oxygen atoms in total. The van der Waals surface area contributed by atoms with Crippen molar-refractivity contribution in [1.82, 2.24) is 0 Å². The van der Waals surface area contributed by atoms with Gasteiger partial charge in [0, 0.05) is 10.3 Å². The molecule has 0 saturated carbocycles. The predicted molar refractivity (Wildman–Crippen MR) is 75.3 cm³/mol. The first-order chi connectivity index (χ1) is 6.74. The molecule has 0 bridgehead atoms. The fourth-order valence-electron chi connectivity index (χ4n) is 1.66. The number of rotatable bonds is 1. The Kier molecular flexibility index (Phi) is 3.94. The van der Waals surface area contributed by atoms with Gasteiger partial charge < -0.3 is 4.72 Å². The third-order valence-corrected chi connectivity index (χ3v) is 2.98. The molecule has 0 unspecified atom stereocenters. The Bertz CT molecular complexity index is 480. The van der Waals surface area contributed by atoms with Crippen molar-refractivity contribution in [3.63, 3.8) is 0 Å². The molecule has 0 amide bonds. The summed E-state index contributed by atoms with van der Waals surface area (Å²) in [5, 5.41) is 2.35. The van der Waals surface area contributed by atoms with Crippen LogP contribution in [0, 0.1) is 6.92 Å². The van der Waals surface area contributed by atoms with Crippen LogP contribution in [0.15, 0.2) is 35.2 Å². The molecule has 3 heteroatoms.